The second kappa shape index (κ2) is 6.59. The van der Waals surface area contributed by atoms with Crippen LogP contribution >= 0.6 is 0 Å². The maximum atomic E-state index is 6.07. The lowest BCUT2D eigenvalue weighted by atomic mass is 9.86. The third kappa shape index (κ3) is 2.99. The highest BCUT2D eigenvalue weighted by atomic mass is 16.5. The Hall–Kier alpha value is -1.06. The Bertz CT molecular complexity index is 447. The lowest BCUT2D eigenvalue weighted by Crippen LogP contribution is -2.43. The molecular weight excluding hydrogens is 250 g/mol. The van der Waals surface area contributed by atoms with Gasteiger partial charge in [-0.25, -0.2) is 0 Å². The number of ether oxygens (including phenoxy) is 2. The van der Waals surface area contributed by atoms with Gasteiger partial charge in [0.1, 0.15) is 5.75 Å². The summed E-state index contributed by atoms with van der Waals surface area (Å²) in [4.78, 5) is 0. The molecule has 0 saturated heterocycles. The van der Waals surface area contributed by atoms with E-state index in [2.05, 4.69) is 51.2 Å². The van der Waals surface area contributed by atoms with Crippen molar-refractivity contribution in [2.24, 2.45) is 0 Å². The summed E-state index contributed by atoms with van der Waals surface area (Å²) < 4.78 is 11.7. The number of nitrogens with one attached hydrogen (secondary N) is 1. The van der Waals surface area contributed by atoms with E-state index in [1.165, 1.54) is 11.1 Å². The predicted molar refractivity (Wildman–Crippen MR) is 82.4 cm³/mol. The molecule has 2 atom stereocenters. The molecule has 0 fully saturated rings. The summed E-state index contributed by atoms with van der Waals surface area (Å²) in [5, 5.41) is 3.60. The van der Waals surface area contributed by atoms with E-state index in [0.717, 1.165) is 38.3 Å². The van der Waals surface area contributed by atoms with Gasteiger partial charge in [-0.3, -0.25) is 0 Å². The standard InChI is InChI=1S/C17H27NO2/c1-5-17(4,20-7-3)16(18-6-2)14-8-9-15-13(12-14)10-11-19-15/h8-9,12,16,18H,5-7,10-11H2,1-4H3. The van der Waals surface area contributed by atoms with E-state index in [1.54, 1.807) is 0 Å². The van der Waals surface area contributed by atoms with Gasteiger partial charge >= 0.3 is 0 Å². The van der Waals surface area contributed by atoms with Gasteiger partial charge < -0.3 is 14.8 Å². The Balaban J connectivity index is 2.32. The first-order chi connectivity index (χ1) is 9.64. The van der Waals surface area contributed by atoms with Crippen molar-refractivity contribution >= 4 is 0 Å². The fourth-order valence-corrected chi connectivity index (χ4v) is 3.00. The fourth-order valence-electron chi connectivity index (χ4n) is 3.00. The van der Waals surface area contributed by atoms with Gasteiger partial charge in [0.25, 0.3) is 0 Å². The van der Waals surface area contributed by atoms with Gasteiger partial charge in [0, 0.05) is 13.0 Å². The summed E-state index contributed by atoms with van der Waals surface area (Å²) in [5.74, 6) is 1.04. The normalized spacial score (nSPS) is 18.2. The number of hydrogen-bond acceptors (Lipinski definition) is 3. The zero-order valence-corrected chi connectivity index (χ0v) is 13.2. The topological polar surface area (TPSA) is 30.5 Å². The van der Waals surface area contributed by atoms with Crippen molar-refractivity contribution in [1.29, 1.82) is 0 Å². The molecule has 2 rings (SSSR count). The van der Waals surface area contributed by atoms with E-state index in [4.69, 9.17) is 9.47 Å². The Morgan fingerprint density at radius 1 is 1.35 bits per heavy atom. The number of likely N-dealkylation sites (N-methyl/N-ethyl adjacent to an activating group) is 1. The molecule has 1 N–H and O–H groups in total. The van der Waals surface area contributed by atoms with Crippen LogP contribution in [0, 0.1) is 0 Å². The molecule has 3 nitrogen and oxygen atoms in total. The van der Waals surface area contributed by atoms with Gasteiger partial charge in [0.05, 0.1) is 18.2 Å². The van der Waals surface area contributed by atoms with E-state index >= 15 is 0 Å². The van der Waals surface area contributed by atoms with Crippen LogP contribution in [-0.4, -0.2) is 25.4 Å². The number of rotatable bonds is 7. The Kier molecular flexibility index (Phi) is 5.06. The number of fused-ring (bicyclic) bond motifs is 1. The SMILES string of the molecule is CCNC(c1ccc2c(c1)CCO2)C(C)(CC)OCC. The first kappa shape index (κ1) is 15.3. The van der Waals surface area contributed by atoms with E-state index < -0.39 is 0 Å². The minimum Gasteiger partial charge on any atom is -0.493 e. The van der Waals surface area contributed by atoms with Crippen molar-refractivity contribution < 1.29 is 9.47 Å². The second-order valence-electron chi connectivity index (χ2n) is 5.56. The van der Waals surface area contributed by atoms with Crippen molar-refractivity contribution in [2.75, 3.05) is 19.8 Å². The van der Waals surface area contributed by atoms with Crippen molar-refractivity contribution in [1.82, 2.24) is 5.32 Å². The van der Waals surface area contributed by atoms with Gasteiger partial charge in [-0.05, 0) is 44.0 Å². The molecule has 0 radical (unpaired) electrons. The highest BCUT2D eigenvalue weighted by Crippen LogP contribution is 2.35. The van der Waals surface area contributed by atoms with Crippen molar-refractivity contribution in [2.45, 2.75) is 52.2 Å². The molecule has 0 saturated carbocycles. The lowest BCUT2D eigenvalue weighted by Gasteiger charge is -2.37. The molecule has 112 valence electrons. The zero-order chi connectivity index (χ0) is 14.6. The molecular formula is C17H27NO2. The summed E-state index contributed by atoms with van der Waals surface area (Å²) in [5.41, 5.74) is 2.44. The summed E-state index contributed by atoms with van der Waals surface area (Å²) in [7, 11) is 0. The van der Waals surface area contributed by atoms with Gasteiger partial charge in [-0.2, -0.15) is 0 Å². The zero-order valence-electron chi connectivity index (χ0n) is 13.2. The van der Waals surface area contributed by atoms with Crippen LogP contribution in [0.15, 0.2) is 18.2 Å². The van der Waals surface area contributed by atoms with Crippen molar-refractivity contribution in [3.05, 3.63) is 29.3 Å². The minimum absolute atomic E-state index is 0.182. The molecule has 1 aromatic carbocycles. The van der Waals surface area contributed by atoms with E-state index in [1.807, 2.05) is 0 Å². The van der Waals surface area contributed by atoms with Crippen molar-refractivity contribution in [3.8, 4) is 5.75 Å². The van der Waals surface area contributed by atoms with Crippen molar-refractivity contribution in [3.63, 3.8) is 0 Å². The highest BCUT2D eigenvalue weighted by molar-refractivity contribution is 5.41. The monoisotopic (exact) mass is 277 g/mol. The third-order valence-electron chi connectivity index (χ3n) is 4.24. The Labute approximate surface area is 122 Å². The first-order valence-corrected chi connectivity index (χ1v) is 7.77. The fraction of sp³-hybridized carbons (Fsp3) is 0.647. The molecule has 3 heteroatoms. The Morgan fingerprint density at radius 3 is 2.80 bits per heavy atom. The molecule has 1 heterocycles. The predicted octanol–water partition coefficient (Wildman–Crippen LogP) is 3.48. The van der Waals surface area contributed by atoms with Crippen LogP contribution in [0.3, 0.4) is 0 Å². The lowest BCUT2D eigenvalue weighted by molar-refractivity contribution is -0.0560. The number of hydrogen-bond donors (Lipinski definition) is 1. The van der Waals surface area contributed by atoms with E-state index in [9.17, 15) is 0 Å². The summed E-state index contributed by atoms with van der Waals surface area (Å²) in [6.45, 7) is 11.1. The summed E-state index contributed by atoms with van der Waals surface area (Å²) in [6.07, 6.45) is 1.99. The molecule has 0 aromatic heterocycles. The van der Waals surface area contributed by atoms with Gasteiger partial charge in [-0.1, -0.05) is 26.0 Å². The quantitative estimate of drug-likeness (QED) is 0.827. The average molecular weight is 277 g/mol. The molecule has 0 bridgehead atoms. The van der Waals surface area contributed by atoms with Crippen LogP contribution in [0.1, 0.15) is 51.3 Å². The molecule has 2 unspecified atom stereocenters. The van der Waals surface area contributed by atoms with Crippen LogP contribution in [-0.2, 0) is 11.2 Å². The van der Waals surface area contributed by atoms with Gasteiger partial charge in [0.2, 0.25) is 0 Å². The second-order valence-corrected chi connectivity index (χ2v) is 5.56. The number of benzene rings is 1. The Morgan fingerprint density at radius 2 is 2.15 bits per heavy atom. The minimum atomic E-state index is -0.182. The van der Waals surface area contributed by atoms with E-state index in [-0.39, 0.29) is 11.6 Å². The molecule has 1 aromatic rings. The smallest absolute Gasteiger partial charge is 0.122 e. The maximum Gasteiger partial charge on any atom is 0.122 e. The molecule has 0 aliphatic carbocycles. The summed E-state index contributed by atoms with van der Waals surface area (Å²) in [6, 6.07) is 6.76. The summed E-state index contributed by atoms with van der Waals surface area (Å²) >= 11 is 0. The molecule has 1 aliphatic heterocycles. The van der Waals surface area contributed by atoms with Gasteiger partial charge in [0.15, 0.2) is 0 Å². The van der Waals surface area contributed by atoms with Gasteiger partial charge in [-0.15, -0.1) is 0 Å². The highest BCUT2D eigenvalue weighted by Gasteiger charge is 2.34. The molecule has 1 aliphatic rings. The van der Waals surface area contributed by atoms with Crippen LogP contribution in [0.5, 0.6) is 5.75 Å². The van der Waals surface area contributed by atoms with Crippen LogP contribution in [0.2, 0.25) is 0 Å². The van der Waals surface area contributed by atoms with Crippen LogP contribution < -0.4 is 10.1 Å². The average Bonchev–Trinajstić information content (AvgIpc) is 2.92. The van der Waals surface area contributed by atoms with Crippen LogP contribution in [0.4, 0.5) is 0 Å². The third-order valence-corrected chi connectivity index (χ3v) is 4.24. The maximum absolute atomic E-state index is 6.07. The van der Waals surface area contributed by atoms with E-state index in [0.29, 0.717) is 0 Å². The first-order valence-electron chi connectivity index (χ1n) is 7.77. The molecule has 0 amide bonds. The largest absolute Gasteiger partial charge is 0.493 e. The van der Waals surface area contributed by atoms with Crippen LogP contribution in [0.25, 0.3) is 0 Å². The molecule has 0 spiro atoms. The molecule has 20 heavy (non-hydrogen) atoms.